The van der Waals surface area contributed by atoms with Gasteiger partial charge in [0.25, 0.3) is 0 Å². The Kier molecular flexibility index (Phi) is 5.19. The maximum absolute atomic E-state index is 5.90. The summed E-state index contributed by atoms with van der Waals surface area (Å²) in [5.41, 5.74) is 7.15. The van der Waals surface area contributed by atoms with Gasteiger partial charge >= 0.3 is 0 Å². The van der Waals surface area contributed by atoms with E-state index in [1.165, 1.54) is 5.56 Å². The molecule has 0 spiro atoms. The van der Waals surface area contributed by atoms with Crippen LogP contribution in [0.3, 0.4) is 0 Å². The Morgan fingerprint density at radius 1 is 1.27 bits per heavy atom. The summed E-state index contributed by atoms with van der Waals surface area (Å²) in [5, 5.41) is 0. The first-order chi connectivity index (χ1) is 7.27. The van der Waals surface area contributed by atoms with Crippen LogP contribution in [0.4, 0.5) is 0 Å². The molecule has 0 aliphatic heterocycles. The average molecular weight is 207 g/mol. The van der Waals surface area contributed by atoms with Crippen LogP contribution in [0.2, 0.25) is 0 Å². The molecular formula is C13H21NO. The molecule has 2 nitrogen and oxygen atoms in total. The number of para-hydroxylation sites is 1. The van der Waals surface area contributed by atoms with Gasteiger partial charge in [0.15, 0.2) is 0 Å². The van der Waals surface area contributed by atoms with Crippen molar-refractivity contribution in [3.63, 3.8) is 0 Å². The molecule has 2 N–H and O–H groups in total. The Balaban J connectivity index is 2.49. The van der Waals surface area contributed by atoms with Crippen LogP contribution in [0.15, 0.2) is 24.3 Å². The number of hydrogen-bond donors (Lipinski definition) is 1. The summed E-state index contributed by atoms with van der Waals surface area (Å²) >= 11 is 0. The van der Waals surface area contributed by atoms with Crippen molar-refractivity contribution in [1.82, 2.24) is 0 Å². The zero-order chi connectivity index (χ0) is 11.1. The molecule has 0 aliphatic rings. The summed E-state index contributed by atoms with van der Waals surface area (Å²) in [5.74, 6) is 0.978. The zero-order valence-corrected chi connectivity index (χ0v) is 9.70. The number of aryl methyl sites for hydroxylation is 1. The molecule has 2 heteroatoms. The second-order valence-corrected chi connectivity index (χ2v) is 3.82. The third-order valence-corrected chi connectivity index (χ3v) is 2.47. The third-order valence-electron chi connectivity index (χ3n) is 2.47. The average Bonchev–Trinajstić information content (AvgIpc) is 2.27. The van der Waals surface area contributed by atoms with Crippen LogP contribution in [-0.2, 0) is 6.42 Å². The van der Waals surface area contributed by atoms with Gasteiger partial charge in [-0.3, -0.25) is 0 Å². The molecular weight excluding hydrogens is 186 g/mol. The van der Waals surface area contributed by atoms with E-state index in [2.05, 4.69) is 19.9 Å². The van der Waals surface area contributed by atoms with Crippen molar-refractivity contribution in [3.8, 4) is 5.75 Å². The van der Waals surface area contributed by atoms with Gasteiger partial charge in [-0.25, -0.2) is 0 Å². The van der Waals surface area contributed by atoms with E-state index in [-0.39, 0.29) is 6.04 Å². The first-order valence-electron chi connectivity index (χ1n) is 5.74. The van der Waals surface area contributed by atoms with E-state index < -0.39 is 0 Å². The highest BCUT2D eigenvalue weighted by Gasteiger charge is 2.04. The summed E-state index contributed by atoms with van der Waals surface area (Å²) in [6.07, 6.45) is 3.13. The highest BCUT2D eigenvalue weighted by Crippen LogP contribution is 2.18. The van der Waals surface area contributed by atoms with E-state index in [1.54, 1.807) is 0 Å². The first-order valence-corrected chi connectivity index (χ1v) is 5.74. The van der Waals surface area contributed by atoms with Crippen molar-refractivity contribution < 1.29 is 4.74 Å². The largest absolute Gasteiger partial charge is 0.492 e. The predicted octanol–water partition coefficient (Wildman–Crippen LogP) is 2.76. The van der Waals surface area contributed by atoms with Gasteiger partial charge in [-0.15, -0.1) is 0 Å². The van der Waals surface area contributed by atoms with Gasteiger partial charge in [0.05, 0.1) is 0 Å². The number of ether oxygens (including phenoxy) is 1. The SMILES string of the molecule is CCCC(N)COc1ccccc1CC. The minimum absolute atomic E-state index is 0.153. The Bertz CT molecular complexity index is 286. The number of benzene rings is 1. The van der Waals surface area contributed by atoms with Gasteiger partial charge in [-0.1, -0.05) is 38.5 Å². The van der Waals surface area contributed by atoms with E-state index in [9.17, 15) is 0 Å². The molecule has 15 heavy (non-hydrogen) atoms. The topological polar surface area (TPSA) is 35.2 Å². The molecule has 1 aromatic carbocycles. The smallest absolute Gasteiger partial charge is 0.122 e. The fourth-order valence-electron chi connectivity index (χ4n) is 1.59. The highest BCUT2D eigenvalue weighted by molar-refractivity contribution is 5.33. The summed E-state index contributed by atoms with van der Waals surface area (Å²) in [6.45, 7) is 4.89. The molecule has 1 rings (SSSR count). The molecule has 0 bridgehead atoms. The standard InChI is InChI=1S/C13H21NO/c1-3-7-12(14)10-15-13-9-6-5-8-11(13)4-2/h5-6,8-9,12H,3-4,7,10,14H2,1-2H3. The van der Waals surface area contributed by atoms with Crippen LogP contribution in [-0.4, -0.2) is 12.6 Å². The van der Waals surface area contributed by atoms with Crippen LogP contribution in [0.1, 0.15) is 32.3 Å². The van der Waals surface area contributed by atoms with Gasteiger partial charge in [-0.2, -0.15) is 0 Å². The Morgan fingerprint density at radius 3 is 2.67 bits per heavy atom. The van der Waals surface area contributed by atoms with E-state index >= 15 is 0 Å². The Morgan fingerprint density at radius 2 is 2.00 bits per heavy atom. The molecule has 0 saturated carbocycles. The molecule has 0 saturated heterocycles. The van der Waals surface area contributed by atoms with Crippen molar-refractivity contribution in [3.05, 3.63) is 29.8 Å². The maximum atomic E-state index is 5.90. The van der Waals surface area contributed by atoms with Crippen molar-refractivity contribution in [2.75, 3.05) is 6.61 Å². The molecule has 1 aromatic rings. The van der Waals surface area contributed by atoms with Crippen molar-refractivity contribution >= 4 is 0 Å². The minimum atomic E-state index is 0.153. The van der Waals surface area contributed by atoms with E-state index in [4.69, 9.17) is 10.5 Å². The molecule has 1 unspecified atom stereocenters. The normalized spacial score (nSPS) is 12.5. The lowest BCUT2D eigenvalue weighted by Gasteiger charge is -2.14. The fraction of sp³-hybridized carbons (Fsp3) is 0.538. The van der Waals surface area contributed by atoms with Crippen LogP contribution in [0.5, 0.6) is 5.75 Å². The van der Waals surface area contributed by atoms with Crippen molar-refractivity contribution in [1.29, 1.82) is 0 Å². The summed E-state index contributed by atoms with van der Waals surface area (Å²) < 4.78 is 5.72. The monoisotopic (exact) mass is 207 g/mol. The molecule has 0 radical (unpaired) electrons. The van der Waals surface area contributed by atoms with E-state index in [1.807, 2.05) is 18.2 Å². The quantitative estimate of drug-likeness (QED) is 0.778. The molecule has 0 aliphatic carbocycles. The lowest BCUT2D eigenvalue weighted by atomic mass is 10.1. The van der Waals surface area contributed by atoms with Crippen molar-refractivity contribution in [2.24, 2.45) is 5.73 Å². The van der Waals surface area contributed by atoms with Crippen LogP contribution >= 0.6 is 0 Å². The van der Waals surface area contributed by atoms with Gasteiger partial charge in [0.1, 0.15) is 12.4 Å². The summed E-state index contributed by atoms with van der Waals surface area (Å²) in [6, 6.07) is 8.30. The summed E-state index contributed by atoms with van der Waals surface area (Å²) in [7, 11) is 0. The molecule has 0 aromatic heterocycles. The molecule has 0 fully saturated rings. The zero-order valence-electron chi connectivity index (χ0n) is 9.70. The molecule has 0 amide bonds. The molecule has 0 heterocycles. The molecule has 1 atom stereocenters. The lowest BCUT2D eigenvalue weighted by Crippen LogP contribution is -2.27. The second-order valence-electron chi connectivity index (χ2n) is 3.82. The van der Waals surface area contributed by atoms with E-state index in [0.29, 0.717) is 6.61 Å². The third kappa shape index (κ3) is 3.92. The Hall–Kier alpha value is -1.02. The van der Waals surface area contributed by atoms with Crippen molar-refractivity contribution in [2.45, 2.75) is 39.2 Å². The highest BCUT2D eigenvalue weighted by atomic mass is 16.5. The Labute approximate surface area is 92.4 Å². The number of nitrogens with two attached hydrogens (primary N) is 1. The predicted molar refractivity (Wildman–Crippen MR) is 64.2 cm³/mol. The van der Waals surface area contributed by atoms with E-state index in [0.717, 1.165) is 25.0 Å². The van der Waals surface area contributed by atoms with Gasteiger partial charge < -0.3 is 10.5 Å². The van der Waals surface area contributed by atoms with Gasteiger partial charge in [0, 0.05) is 6.04 Å². The minimum Gasteiger partial charge on any atom is -0.492 e. The van der Waals surface area contributed by atoms with Crippen LogP contribution < -0.4 is 10.5 Å². The van der Waals surface area contributed by atoms with Gasteiger partial charge in [0.2, 0.25) is 0 Å². The number of hydrogen-bond acceptors (Lipinski definition) is 2. The molecule has 84 valence electrons. The van der Waals surface area contributed by atoms with Crippen LogP contribution in [0.25, 0.3) is 0 Å². The summed E-state index contributed by atoms with van der Waals surface area (Å²) in [4.78, 5) is 0. The second kappa shape index (κ2) is 6.46. The lowest BCUT2D eigenvalue weighted by molar-refractivity contribution is 0.279. The first kappa shape index (κ1) is 12.1. The van der Waals surface area contributed by atoms with Gasteiger partial charge in [-0.05, 0) is 24.5 Å². The van der Waals surface area contributed by atoms with Crippen LogP contribution in [0, 0.1) is 0 Å². The number of rotatable bonds is 6. The fourth-order valence-corrected chi connectivity index (χ4v) is 1.59. The maximum Gasteiger partial charge on any atom is 0.122 e.